The van der Waals surface area contributed by atoms with Crippen molar-refractivity contribution in [2.45, 2.75) is 6.54 Å². The highest BCUT2D eigenvalue weighted by Gasteiger charge is 2.16. The quantitative estimate of drug-likeness (QED) is 0.653. The van der Waals surface area contributed by atoms with Gasteiger partial charge in [0.05, 0.1) is 24.6 Å². The number of methoxy groups -OCH3 is 1. The van der Waals surface area contributed by atoms with E-state index in [0.29, 0.717) is 12.1 Å². The summed E-state index contributed by atoms with van der Waals surface area (Å²) < 4.78 is 8.01. The maximum Gasteiger partial charge on any atom is 0.257 e. The molecule has 0 aliphatic rings. The summed E-state index contributed by atoms with van der Waals surface area (Å²) in [7, 11) is 3.39. The van der Waals surface area contributed by atoms with Gasteiger partial charge in [0.25, 0.3) is 5.91 Å². The molecule has 0 bridgehead atoms. The zero-order chi connectivity index (χ0) is 17.8. The summed E-state index contributed by atoms with van der Waals surface area (Å²) in [6.07, 6.45) is 3.33. The van der Waals surface area contributed by atoms with Crippen molar-refractivity contribution in [3.05, 3.63) is 76.5 Å². The van der Waals surface area contributed by atoms with Gasteiger partial charge in [-0.1, -0.05) is 34.1 Å². The largest absolute Gasteiger partial charge is 0.496 e. The SMILES string of the molecule is COc1ccc(Br)cc1CN(C)C(=O)c1cnn(-c2ccccc2)c1. The first-order chi connectivity index (χ1) is 12.1. The Bertz CT molecular complexity index is 877. The number of carbonyl (C=O) groups excluding carboxylic acids is 1. The molecule has 3 aromatic rings. The van der Waals surface area contributed by atoms with Crippen molar-refractivity contribution >= 4 is 21.8 Å². The predicted molar refractivity (Wildman–Crippen MR) is 100 cm³/mol. The Balaban J connectivity index is 1.77. The number of hydrogen-bond donors (Lipinski definition) is 0. The molecule has 5 nitrogen and oxygen atoms in total. The van der Waals surface area contributed by atoms with Crippen LogP contribution in [0.25, 0.3) is 5.69 Å². The number of ether oxygens (including phenoxy) is 1. The average Bonchev–Trinajstić information content (AvgIpc) is 3.12. The summed E-state index contributed by atoms with van der Waals surface area (Å²) in [5, 5.41) is 4.28. The second-order valence-corrected chi connectivity index (χ2v) is 6.54. The Morgan fingerprint density at radius 1 is 1.24 bits per heavy atom. The van der Waals surface area contributed by atoms with Crippen LogP contribution in [0.1, 0.15) is 15.9 Å². The molecule has 0 aliphatic carbocycles. The third kappa shape index (κ3) is 3.91. The first-order valence-corrected chi connectivity index (χ1v) is 8.56. The second kappa shape index (κ2) is 7.53. The van der Waals surface area contributed by atoms with Gasteiger partial charge >= 0.3 is 0 Å². The minimum absolute atomic E-state index is 0.0933. The van der Waals surface area contributed by atoms with Crippen LogP contribution in [0.15, 0.2) is 65.4 Å². The van der Waals surface area contributed by atoms with E-state index >= 15 is 0 Å². The maximum atomic E-state index is 12.7. The molecule has 0 saturated carbocycles. The van der Waals surface area contributed by atoms with Gasteiger partial charge in [0.15, 0.2) is 0 Å². The molecule has 0 spiro atoms. The van der Waals surface area contributed by atoms with Gasteiger partial charge in [-0.2, -0.15) is 5.10 Å². The van der Waals surface area contributed by atoms with Crippen molar-refractivity contribution in [1.82, 2.24) is 14.7 Å². The van der Waals surface area contributed by atoms with Crippen LogP contribution in [0.3, 0.4) is 0 Å². The number of halogens is 1. The van der Waals surface area contributed by atoms with E-state index in [0.717, 1.165) is 21.5 Å². The van der Waals surface area contributed by atoms with E-state index in [1.807, 2.05) is 48.5 Å². The number of nitrogens with zero attached hydrogens (tertiary/aromatic N) is 3. The van der Waals surface area contributed by atoms with Gasteiger partial charge in [-0.25, -0.2) is 4.68 Å². The van der Waals surface area contributed by atoms with E-state index in [9.17, 15) is 4.79 Å². The fraction of sp³-hybridized carbons (Fsp3) is 0.158. The van der Waals surface area contributed by atoms with Crippen molar-refractivity contribution in [2.75, 3.05) is 14.2 Å². The molecule has 0 unspecified atom stereocenters. The molecule has 0 atom stereocenters. The smallest absolute Gasteiger partial charge is 0.257 e. The molecule has 1 amide bonds. The van der Waals surface area contributed by atoms with Crippen LogP contribution in [0.2, 0.25) is 0 Å². The molecule has 1 aromatic heterocycles. The lowest BCUT2D eigenvalue weighted by Gasteiger charge is -2.18. The van der Waals surface area contributed by atoms with E-state index in [1.165, 1.54) is 0 Å². The monoisotopic (exact) mass is 399 g/mol. The number of amides is 1. The van der Waals surface area contributed by atoms with E-state index in [2.05, 4.69) is 21.0 Å². The Hall–Kier alpha value is -2.60. The number of carbonyl (C=O) groups is 1. The summed E-state index contributed by atoms with van der Waals surface area (Å²) >= 11 is 3.45. The third-order valence-corrected chi connectivity index (χ3v) is 4.34. The molecule has 25 heavy (non-hydrogen) atoms. The molecule has 1 heterocycles. The van der Waals surface area contributed by atoms with Gasteiger partial charge in [0.2, 0.25) is 0 Å². The lowest BCUT2D eigenvalue weighted by Crippen LogP contribution is -2.26. The minimum atomic E-state index is -0.0933. The van der Waals surface area contributed by atoms with Crippen LogP contribution < -0.4 is 4.74 Å². The van der Waals surface area contributed by atoms with Gasteiger partial charge in [-0.05, 0) is 30.3 Å². The molecule has 0 radical (unpaired) electrons. The zero-order valence-corrected chi connectivity index (χ0v) is 15.6. The zero-order valence-electron chi connectivity index (χ0n) is 14.0. The standard InChI is InChI=1S/C19H18BrN3O2/c1-22(12-14-10-16(20)8-9-18(14)25-2)19(24)15-11-21-23(13-15)17-6-4-3-5-7-17/h3-11,13H,12H2,1-2H3. The van der Waals surface area contributed by atoms with E-state index in [4.69, 9.17) is 4.74 Å². The number of aromatic nitrogens is 2. The topological polar surface area (TPSA) is 47.4 Å². The number of benzene rings is 2. The molecule has 6 heteroatoms. The van der Waals surface area contributed by atoms with E-state index in [1.54, 1.807) is 36.1 Å². The van der Waals surface area contributed by atoms with Crippen molar-refractivity contribution < 1.29 is 9.53 Å². The molecule has 128 valence electrons. The molecule has 3 rings (SSSR count). The Labute approximate surface area is 155 Å². The molecule has 0 fully saturated rings. The highest BCUT2D eigenvalue weighted by molar-refractivity contribution is 9.10. The van der Waals surface area contributed by atoms with Crippen molar-refractivity contribution in [1.29, 1.82) is 0 Å². The fourth-order valence-electron chi connectivity index (χ4n) is 2.57. The van der Waals surface area contributed by atoms with Crippen LogP contribution in [0, 0.1) is 0 Å². The molecule has 0 N–H and O–H groups in total. The Morgan fingerprint density at radius 3 is 2.72 bits per heavy atom. The lowest BCUT2D eigenvalue weighted by atomic mass is 10.2. The molecular formula is C19H18BrN3O2. The normalized spacial score (nSPS) is 10.5. The predicted octanol–water partition coefficient (Wildman–Crippen LogP) is 3.92. The van der Waals surface area contributed by atoms with Crippen molar-refractivity contribution in [2.24, 2.45) is 0 Å². The summed E-state index contributed by atoms with van der Waals surface area (Å²) in [6, 6.07) is 15.4. The highest BCUT2D eigenvalue weighted by atomic mass is 79.9. The molecular weight excluding hydrogens is 382 g/mol. The Kier molecular flexibility index (Phi) is 5.19. The van der Waals surface area contributed by atoms with Crippen molar-refractivity contribution in [3.63, 3.8) is 0 Å². The summed E-state index contributed by atoms with van der Waals surface area (Å²) in [4.78, 5) is 14.3. The van der Waals surface area contributed by atoms with Gasteiger partial charge in [-0.15, -0.1) is 0 Å². The highest BCUT2D eigenvalue weighted by Crippen LogP contribution is 2.24. The van der Waals surface area contributed by atoms with Gasteiger partial charge in [0.1, 0.15) is 5.75 Å². The maximum absolute atomic E-state index is 12.7. The molecule has 0 saturated heterocycles. The van der Waals surface area contributed by atoms with Crippen LogP contribution in [0.5, 0.6) is 5.75 Å². The number of rotatable bonds is 5. The first-order valence-electron chi connectivity index (χ1n) is 7.76. The van der Waals surface area contributed by atoms with Crippen LogP contribution >= 0.6 is 15.9 Å². The van der Waals surface area contributed by atoms with Gasteiger partial charge in [-0.3, -0.25) is 4.79 Å². The van der Waals surface area contributed by atoms with Gasteiger partial charge < -0.3 is 9.64 Å². The summed E-state index contributed by atoms with van der Waals surface area (Å²) in [6.45, 7) is 0.442. The minimum Gasteiger partial charge on any atom is -0.496 e. The van der Waals surface area contributed by atoms with E-state index in [-0.39, 0.29) is 5.91 Å². The van der Waals surface area contributed by atoms with Crippen LogP contribution in [-0.4, -0.2) is 34.7 Å². The summed E-state index contributed by atoms with van der Waals surface area (Å²) in [5.41, 5.74) is 2.39. The summed E-state index contributed by atoms with van der Waals surface area (Å²) in [5.74, 6) is 0.659. The number of para-hydroxylation sites is 1. The van der Waals surface area contributed by atoms with E-state index < -0.39 is 0 Å². The second-order valence-electron chi connectivity index (χ2n) is 5.63. The van der Waals surface area contributed by atoms with Crippen molar-refractivity contribution in [3.8, 4) is 11.4 Å². The number of hydrogen-bond acceptors (Lipinski definition) is 3. The molecule has 2 aromatic carbocycles. The Morgan fingerprint density at radius 2 is 2.00 bits per heavy atom. The molecule has 0 aliphatic heterocycles. The van der Waals surface area contributed by atoms with Crippen LogP contribution in [0.4, 0.5) is 0 Å². The van der Waals surface area contributed by atoms with Crippen LogP contribution in [-0.2, 0) is 6.54 Å². The van der Waals surface area contributed by atoms with Gasteiger partial charge in [0, 0.05) is 29.8 Å². The fourth-order valence-corrected chi connectivity index (χ4v) is 2.98. The lowest BCUT2D eigenvalue weighted by molar-refractivity contribution is 0.0784. The average molecular weight is 400 g/mol. The first kappa shape index (κ1) is 17.2. The third-order valence-electron chi connectivity index (χ3n) is 3.85.